The minimum atomic E-state index is -0.876. The summed E-state index contributed by atoms with van der Waals surface area (Å²) >= 11 is 0. The first-order chi connectivity index (χ1) is 14.4. The number of rotatable bonds is 6. The van der Waals surface area contributed by atoms with Gasteiger partial charge in [-0.3, -0.25) is 9.59 Å². The Morgan fingerprint density at radius 1 is 1.27 bits per heavy atom. The molecule has 0 aromatic heterocycles. The summed E-state index contributed by atoms with van der Waals surface area (Å²) in [6.45, 7) is 2.05. The van der Waals surface area contributed by atoms with Gasteiger partial charge in [0.25, 0.3) is 5.91 Å². The van der Waals surface area contributed by atoms with Crippen molar-refractivity contribution in [3.8, 4) is 0 Å². The van der Waals surface area contributed by atoms with Crippen molar-refractivity contribution in [3.05, 3.63) is 64.5 Å². The quantitative estimate of drug-likeness (QED) is 0.706. The Kier molecular flexibility index (Phi) is 5.30. The molecular weight excluding hydrogens is 389 g/mol. The Morgan fingerprint density at radius 2 is 2.07 bits per heavy atom. The molecule has 0 spiro atoms. The van der Waals surface area contributed by atoms with E-state index in [2.05, 4.69) is 5.32 Å². The first-order valence-corrected chi connectivity index (χ1v) is 9.75. The molecule has 1 amide bonds. The van der Waals surface area contributed by atoms with Crippen LogP contribution < -0.4 is 5.32 Å². The van der Waals surface area contributed by atoms with Crippen molar-refractivity contribution < 1.29 is 28.6 Å². The van der Waals surface area contributed by atoms with E-state index in [0.717, 1.165) is 16.7 Å². The summed E-state index contributed by atoms with van der Waals surface area (Å²) in [7, 11) is 1.51. The van der Waals surface area contributed by atoms with Crippen molar-refractivity contribution in [1.82, 2.24) is 0 Å². The number of nitrogens with one attached hydrogen (secondary N) is 1. The van der Waals surface area contributed by atoms with E-state index in [4.69, 9.17) is 9.47 Å². The van der Waals surface area contributed by atoms with Gasteiger partial charge in [0, 0.05) is 29.5 Å². The summed E-state index contributed by atoms with van der Waals surface area (Å²) in [5.41, 5.74) is 4.08. The highest BCUT2D eigenvalue weighted by atomic mass is 19.1. The average Bonchev–Trinajstić information content (AvgIpc) is 3.26. The van der Waals surface area contributed by atoms with Gasteiger partial charge in [0.15, 0.2) is 0 Å². The van der Waals surface area contributed by atoms with E-state index < -0.39 is 17.7 Å². The summed E-state index contributed by atoms with van der Waals surface area (Å²) in [5.74, 6) is -1.77. The first kappa shape index (κ1) is 20.1. The molecule has 7 heteroatoms. The Bertz CT molecular complexity index is 1060. The normalized spacial score (nSPS) is 19.0. The van der Waals surface area contributed by atoms with Crippen molar-refractivity contribution in [2.24, 2.45) is 5.92 Å². The number of carbonyl (C=O) groups is 2. The van der Waals surface area contributed by atoms with Crippen LogP contribution in [-0.4, -0.2) is 30.2 Å². The third kappa shape index (κ3) is 3.57. The van der Waals surface area contributed by atoms with Crippen molar-refractivity contribution in [2.75, 3.05) is 12.4 Å². The maximum Gasteiger partial charge on any atom is 0.309 e. The van der Waals surface area contributed by atoms with E-state index in [1.807, 2.05) is 18.2 Å². The highest BCUT2D eigenvalue weighted by molar-refractivity contribution is 6.36. The number of fused-ring (bicyclic) bond motifs is 2. The molecule has 156 valence electrons. The fourth-order valence-corrected chi connectivity index (χ4v) is 3.99. The molecule has 0 aliphatic carbocycles. The van der Waals surface area contributed by atoms with Gasteiger partial charge in [-0.05, 0) is 43.5 Å². The number of aryl methyl sites for hydroxylation is 1. The summed E-state index contributed by atoms with van der Waals surface area (Å²) in [5, 5.41) is 12.2. The van der Waals surface area contributed by atoms with Crippen molar-refractivity contribution in [1.29, 1.82) is 0 Å². The highest BCUT2D eigenvalue weighted by Gasteiger charge is 2.33. The van der Waals surface area contributed by atoms with Gasteiger partial charge >= 0.3 is 5.97 Å². The Hall–Kier alpha value is -3.19. The molecule has 0 bridgehead atoms. The number of amides is 1. The predicted octanol–water partition coefficient (Wildman–Crippen LogP) is 3.84. The second kappa shape index (κ2) is 7.91. The molecule has 2 aliphatic heterocycles. The minimum Gasteiger partial charge on any atom is -0.487 e. The maximum atomic E-state index is 13.7. The molecule has 0 saturated carbocycles. The summed E-state index contributed by atoms with van der Waals surface area (Å²) < 4.78 is 24.7. The lowest BCUT2D eigenvalue weighted by molar-refractivity contribution is -0.146. The van der Waals surface area contributed by atoms with Crippen LogP contribution >= 0.6 is 0 Å². The van der Waals surface area contributed by atoms with Gasteiger partial charge in [0.05, 0.1) is 17.6 Å². The van der Waals surface area contributed by atoms with Crippen LogP contribution in [0.25, 0.3) is 11.3 Å². The molecule has 2 aromatic carbocycles. The number of aliphatic carboxylic acids is 1. The Morgan fingerprint density at radius 3 is 2.80 bits per heavy atom. The fraction of sp³-hybridized carbons (Fsp3) is 0.304. The molecule has 2 N–H and O–H groups in total. The van der Waals surface area contributed by atoms with Crippen LogP contribution in [-0.2, 0) is 32.1 Å². The van der Waals surface area contributed by atoms with E-state index in [-0.39, 0.29) is 12.0 Å². The topological polar surface area (TPSA) is 84.9 Å². The number of carboxylic acids is 1. The Labute approximate surface area is 173 Å². The summed E-state index contributed by atoms with van der Waals surface area (Å²) in [6.07, 6.45) is 0.656. The highest BCUT2D eigenvalue weighted by Crippen LogP contribution is 2.42. The lowest BCUT2D eigenvalue weighted by Gasteiger charge is -2.18. The van der Waals surface area contributed by atoms with Gasteiger partial charge in [-0.15, -0.1) is 0 Å². The molecule has 2 atom stereocenters. The van der Waals surface area contributed by atoms with Crippen LogP contribution in [0.4, 0.5) is 10.1 Å². The van der Waals surface area contributed by atoms with Gasteiger partial charge in [-0.25, -0.2) is 4.39 Å². The molecule has 1 unspecified atom stereocenters. The lowest BCUT2D eigenvalue weighted by atomic mass is 9.93. The zero-order valence-corrected chi connectivity index (χ0v) is 16.7. The fourth-order valence-electron chi connectivity index (χ4n) is 3.99. The van der Waals surface area contributed by atoms with Gasteiger partial charge in [-0.2, -0.15) is 0 Å². The zero-order chi connectivity index (χ0) is 21.4. The van der Waals surface area contributed by atoms with E-state index in [1.165, 1.54) is 25.3 Å². The van der Waals surface area contributed by atoms with E-state index in [1.54, 1.807) is 6.92 Å². The third-order valence-electron chi connectivity index (χ3n) is 5.74. The summed E-state index contributed by atoms with van der Waals surface area (Å²) in [4.78, 5) is 24.0. The molecule has 4 rings (SSSR count). The standard InChI is InChI=1S/C23H22FNO5/c1-12(29-2)16(23(27)28)6-3-13-4-7-17-14(9-13)11-30-21(17)20-18-10-15(24)5-8-19(18)25-22(20)26/h4-5,7-10,12,16H,3,6,11H2,1-2H3,(H,25,26)(H,27,28)/t12-,16?/m1/s1. The zero-order valence-electron chi connectivity index (χ0n) is 16.7. The molecule has 6 nitrogen and oxygen atoms in total. The number of anilines is 1. The average molecular weight is 411 g/mol. The van der Waals surface area contributed by atoms with Gasteiger partial charge in [-0.1, -0.05) is 18.2 Å². The third-order valence-corrected chi connectivity index (χ3v) is 5.74. The number of halogens is 1. The second-order valence-corrected chi connectivity index (χ2v) is 7.55. The maximum absolute atomic E-state index is 13.7. The number of benzene rings is 2. The van der Waals surface area contributed by atoms with Crippen molar-refractivity contribution in [3.63, 3.8) is 0 Å². The smallest absolute Gasteiger partial charge is 0.309 e. The number of methoxy groups -OCH3 is 1. The number of carboxylic acid groups (broad SMARTS) is 1. The van der Waals surface area contributed by atoms with Gasteiger partial charge < -0.3 is 19.9 Å². The lowest BCUT2D eigenvalue weighted by Crippen LogP contribution is -2.27. The van der Waals surface area contributed by atoms with Crippen molar-refractivity contribution >= 4 is 28.9 Å². The number of hydrogen-bond donors (Lipinski definition) is 2. The molecule has 2 aromatic rings. The van der Waals surface area contributed by atoms with E-state index in [9.17, 15) is 19.1 Å². The van der Waals surface area contributed by atoms with Crippen LogP contribution in [0.15, 0.2) is 36.4 Å². The Balaban J connectivity index is 1.61. The van der Waals surface area contributed by atoms with Crippen LogP contribution in [0, 0.1) is 11.7 Å². The van der Waals surface area contributed by atoms with Crippen LogP contribution in [0.1, 0.15) is 35.6 Å². The van der Waals surface area contributed by atoms with Gasteiger partial charge in [0.1, 0.15) is 18.2 Å². The van der Waals surface area contributed by atoms with Crippen molar-refractivity contribution in [2.45, 2.75) is 32.5 Å². The molecule has 2 heterocycles. The SMILES string of the molecule is CO[C@H](C)C(CCc1ccc2c(c1)COC2=C1C(=O)Nc2ccc(F)cc21)C(=O)O. The molecular formula is C23H22FNO5. The first-order valence-electron chi connectivity index (χ1n) is 9.75. The van der Waals surface area contributed by atoms with Gasteiger partial charge in [0.2, 0.25) is 0 Å². The number of ether oxygens (including phenoxy) is 2. The molecule has 0 radical (unpaired) electrons. The monoisotopic (exact) mass is 411 g/mol. The minimum absolute atomic E-state index is 0.302. The molecule has 0 fully saturated rings. The molecule has 30 heavy (non-hydrogen) atoms. The van der Waals surface area contributed by atoms with Crippen LogP contribution in [0.2, 0.25) is 0 Å². The van der Waals surface area contributed by atoms with Crippen LogP contribution in [0.5, 0.6) is 0 Å². The molecule has 2 aliphatic rings. The molecule has 0 saturated heterocycles. The largest absolute Gasteiger partial charge is 0.487 e. The van der Waals surface area contributed by atoms with E-state index >= 15 is 0 Å². The van der Waals surface area contributed by atoms with Crippen LogP contribution in [0.3, 0.4) is 0 Å². The number of hydrogen-bond acceptors (Lipinski definition) is 4. The van der Waals surface area contributed by atoms with E-state index in [0.29, 0.717) is 42.0 Å². The number of carbonyl (C=O) groups excluding carboxylic acids is 1. The summed E-state index contributed by atoms with van der Waals surface area (Å²) in [6, 6.07) is 9.92. The second-order valence-electron chi connectivity index (χ2n) is 7.55. The predicted molar refractivity (Wildman–Crippen MR) is 109 cm³/mol.